The van der Waals surface area contributed by atoms with Crippen LogP contribution in [-0.2, 0) is 0 Å². The molecule has 0 heterocycles. The average Bonchev–Trinajstić information content (AvgIpc) is 1.79. The van der Waals surface area contributed by atoms with Crippen molar-refractivity contribution < 1.29 is 0 Å². The maximum Gasteiger partial charge on any atom is 0.0362 e. The number of alkyl halides is 1. The third kappa shape index (κ3) is 2.66. The van der Waals surface area contributed by atoms with Gasteiger partial charge in [0.1, 0.15) is 0 Å². The summed E-state index contributed by atoms with van der Waals surface area (Å²) >= 11 is 3.50. The van der Waals surface area contributed by atoms with Crippen LogP contribution in [0.3, 0.4) is 0 Å². The predicted octanol–water partition coefficient (Wildman–Crippen LogP) is 2.82. The van der Waals surface area contributed by atoms with E-state index >= 15 is 0 Å². The van der Waals surface area contributed by atoms with Crippen molar-refractivity contribution in [3.8, 4) is 0 Å². The molecule has 0 aromatic heterocycles. The Morgan fingerprint density at radius 2 is 1.89 bits per heavy atom. The number of hydrogen-bond acceptors (Lipinski definition) is 0. The highest BCUT2D eigenvalue weighted by Crippen LogP contribution is 2.08. The van der Waals surface area contributed by atoms with Gasteiger partial charge in [-0.1, -0.05) is 52.4 Å². The molecule has 0 N–H and O–H groups in total. The Bertz CT molecular complexity index is 154. The largest absolute Gasteiger partial charge is 0.0842 e. The van der Waals surface area contributed by atoms with E-state index in [1.807, 2.05) is 12.2 Å². The van der Waals surface area contributed by atoms with E-state index in [1.54, 1.807) is 0 Å². The molecule has 0 saturated carbocycles. The molecule has 1 rings (SSSR count). The van der Waals surface area contributed by atoms with Crippen molar-refractivity contribution in [2.75, 3.05) is 0 Å². The lowest BCUT2D eigenvalue weighted by Gasteiger charge is -1.98. The van der Waals surface area contributed by atoms with Gasteiger partial charge in [-0.2, -0.15) is 0 Å². The molecule has 0 radical (unpaired) electrons. The summed E-state index contributed by atoms with van der Waals surface area (Å²) in [7, 11) is 0. The van der Waals surface area contributed by atoms with E-state index in [1.165, 1.54) is 0 Å². The number of allylic oxidation sites excluding steroid dienone is 6. The van der Waals surface area contributed by atoms with Crippen LogP contribution in [0, 0.1) is 0 Å². The average molecular weight is 185 g/mol. The molecule has 0 aromatic rings. The van der Waals surface area contributed by atoms with Gasteiger partial charge in [-0.15, -0.1) is 0 Å². The van der Waals surface area contributed by atoms with Gasteiger partial charge >= 0.3 is 0 Å². The molecule has 1 unspecified atom stereocenters. The van der Waals surface area contributed by atoms with Gasteiger partial charge in [-0.25, -0.2) is 0 Å². The van der Waals surface area contributed by atoms with Crippen LogP contribution >= 0.6 is 15.9 Å². The third-order valence-corrected chi connectivity index (χ3v) is 1.83. The first kappa shape index (κ1) is 6.81. The van der Waals surface area contributed by atoms with E-state index in [2.05, 4.69) is 40.2 Å². The van der Waals surface area contributed by atoms with E-state index in [4.69, 9.17) is 0 Å². The van der Waals surface area contributed by atoms with Gasteiger partial charge in [-0.3, -0.25) is 0 Å². The Kier molecular flexibility index (Phi) is 2.78. The Balaban J connectivity index is 2.59. The molecular formula is C8H9Br. The van der Waals surface area contributed by atoms with Crippen molar-refractivity contribution in [2.24, 2.45) is 0 Å². The molecule has 1 aliphatic rings. The van der Waals surface area contributed by atoms with Crippen molar-refractivity contribution in [1.82, 2.24) is 0 Å². The highest BCUT2D eigenvalue weighted by atomic mass is 79.9. The quantitative estimate of drug-likeness (QED) is 0.509. The zero-order valence-corrected chi connectivity index (χ0v) is 6.71. The van der Waals surface area contributed by atoms with Crippen LogP contribution in [0.5, 0.6) is 0 Å². The van der Waals surface area contributed by atoms with Gasteiger partial charge in [-0.05, 0) is 6.42 Å². The monoisotopic (exact) mass is 184 g/mol. The minimum absolute atomic E-state index is 0.513. The second-order valence-electron chi connectivity index (χ2n) is 1.95. The number of rotatable bonds is 0. The lowest BCUT2D eigenvalue weighted by atomic mass is 10.2. The van der Waals surface area contributed by atoms with Gasteiger partial charge in [0.25, 0.3) is 0 Å². The van der Waals surface area contributed by atoms with Crippen LogP contribution in [-0.4, -0.2) is 4.83 Å². The first-order chi connectivity index (χ1) is 4.39. The summed E-state index contributed by atoms with van der Waals surface area (Å²) in [5.41, 5.74) is 0. The molecule has 1 heteroatoms. The van der Waals surface area contributed by atoms with E-state index in [0.29, 0.717) is 4.83 Å². The molecule has 1 atom stereocenters. The lowest BCUT2D eigenvalue weighted by molar-refractivity contribution is 1.09. The van der Waals surface area contributed by atoms with Gasteiger partial charge in [0.05, 0.1) is 0 Å². The zero-order valence-electron chi connectivity index (χ0n) is 5.13. The van der Waals surface area contributed by atoms with Crippen molar-refractivity contribution >= 4 is 15.9 Å². The van der Waals surface area contributed by atoms with Crippen LogP contribution in [0.2, 0.25) is 0 Å². The van der Waals surface area contributed by atoms with Crippen LogP contribution in [0.1, 0.15) is 6.42 Å². The molecule has 1 aliphatic carbocycles. The number of hydrogen-bond donors (Lipinski definition) is 0. The highest BCUT2D eigenvalue weighted by molar-refractivity contribution is 9.09. The maximum atomic E-state index is 3.50. The molecule has 0 spiro atoms. The van der Waals surface area contributed by atoms with Gasteiger partial charge in [0.2, 0.25) is 0 Å². The van der Waals surface area contributed by atoms with E-state index in [-0.39, 0.29) is 0 Å². The SMILES string of the molecule is BrC1C=CC=CC=CC1. The molecular weight excluding hydrogens is 176 g/mol. The molecule has 0 fully saturated rings. The number of halogens is 1. The zero-order chi connectivity index (χ0) is 6.53. The van der Waals surface area contributed by atoms with Gasteiger partial charge in [0.15, 0.2) is 0 Å². The second kappa shape index (κ2) is 3.67. The Morgan fingerprint density at radius 3 is 2.78 bits per heavy atom. The summed E-state index contributed by atoms with van der Waals surface area (Å²) in [4.78, 5) is 0.513. The van der Waals surface area contributed by atoms with Crippen LogP contribution < -0.4 is 0 Å². The van der Waals surface area contributed by atoms with E-state index in [9.17, 15) is 0 Å². The van der Waals surface area contributed by atoms with Gasteiger partial charge < -0.3 is 0 Å². The fourth-order valence-electron chi connectivity index (χ4n) is 0.679. The van der Waals surface area contributed by atoms with Crippen molar-refractivity contribution in [1.29, 1.82) is 0 Å². The summed E-state index contributed by atoms with van der Waals surface area (Å²) in [5.74, 6) is 0. The van der Waals surface area contributed by atoms with Crippen molar-refractivity contribution in [3.63, 3.8) is 0 Å². The maximum absolute atomic E-state index is 3.50. The highest BCUT2D eigenvalue weighted by Gasteiger charge is 1.93. The molecule has 0 saturated heterocycles. The van der Waals surface area contributed by atoms with E-state index in [0.717, 1.165) is 6.42 Å². The fraction of sp³-hybridized carbons (Fsp3) is 0.250. The first-order valence-electron chi connectivity index (χ1n) is 3.03. The van der Waals surface area contributed by atoms with Crippen molar-refractivity contribution in [3.05, 3.63) is 36.5 Å². The molecule has 0 bridgehead atoms. The van der Waals surface area contributed by atoms with Gasteiger partial charge in [0, 0.05) is 4.83 Å². The molecule has 48 valence electrons. The normalized spacial score (nSPS) is 25.7. The topological polar surface area (TPSA) is 0 Å². The minimum atomic E-state index is 0.513. The van der Waals surface area contributed by atoms with Crippen molar-refractivity contribution in [2.45, 2.75) is 11.2 Å². The summed E-state index contributed by atoms with van der Waals surface area (Å²) < 4.78 is 0. The third-order valence-electron chi connectivity index (χ3n) is 1.15. The van der Waals surface area contributed by atoms with Crippen LogP contribution in [0.4, 0.5) is 0 Å². The molecule has 0 nitrogen and oxygen atoms in total. The summed E-state index contributed by atoms with van der Waals surface area (Å²) in [5, 5.41) is 0. The van der Waals surface area contributed by atoms with E-state index < -0.39 is 0 Å². The smallest absolute Gasteiger partial charge is 0.0362 e. The first-order valence-corrected chi connectivity index (χ1v) is 3.95. The summed E-state index contributed by atoms with van der Waals surface area (Å²) in [6.07, 6.45) is 13.6. The summed E-state index contributed by atoms with van der Waals surface area (Å²) in [6.45, 7) is 0. The summed E-state index contributed by atoms with van der Waals surface area (Å²) in [6, 6.07) is 0. The Hall–Kier alpha value is -0.300. The molecule has 0 amide bonds. The Morgan fingerprint density at radius 1 is 1.11 bits per heavy atom. The predicted molar refractivity (Wildman–Crippen MR) is 44.8 cm³/mol. The lowest BCUT2D eigenvalue weighted by Crippen LogP contribution is -1.88. The fourth-order valence-corrected chi connectivity index (χ4v) is 1.07. The van der Waals surface area contributed by atoms with Crippen LogP contribution in [0.25, 0.3) is 0 Å². The standard InChI is InChI=1S/C8H9Br/c9-8-6-4-2-1-3-5-7-8/h1-6,8H,7H2. The Labute approximate surface area is 64.1 Å². The molecule has 0 aromatic carbocycles. The van der Waals surface area contributed by atoms with Crippen LogP contribution in [0.15, 0.2) is 36.5 Å². The minimum Gasteiger partial charge on any atom is -0.0842 e. The molecule has 0 aliphatic heterocycles. The second-order valence-corrected chi connectivity index (χ2v) is 3.13. The molecule has 9 heavy (non-hydrogen) atoms.